The van der Waals surface area contributed by atoms with Gasteiger partial charge in [-0.25, -0.2) is 8.78 Å². The maximum Gasteiger partial charge on any atom is 0.276 e. The number of hydrogen-bond acceptors (Lipinski definition) is 2. The van der Waals surface area contributed by atoms with Crippen molar-refractivity contribution in [2.24, 2.45) is 5.73 Å². The second kappa shape index (κ2) is 4.14. The lowest BCUT2D eigenvalue weighted by atomic mass is 9.98. The Hall–Kier alpha value is -1.16. The van der Waals surface area contributed by atoms with Gasteiger partial charge in [0.05, 0.1) is 0 Å². The van der Waals surface area contributed by atoms with E-state index < -0.39 is 12.0 Å². The summed E-state index contributed by atoms with van der Waals surface area (Å²) in [4.78, 5) is 0. The fourth-order valence-corrected chi connectivity index (χ4v) is 1.51. The molecule has 1 aromatic rings. The second-order valence-electron chi connectivity index (χ2n) is 3.92. The zero-order chi connectivity index (χ0) is 11.6. The van der Waals surface area contributed by atoms with Crippen LogP contribution in [0.5, 0.6) is 0 Å². The summed E-state index contributed by atoms with van der Waals surface area (Å²) in [6, 6.07) is 4.08. The number of anilines is 1. The van der Waals surface area contributed by atoms with Gasteiger partial charge in [-0.05, 0) is 19.4 Å². The van der Waals surface area contributed by atoms with Crippen LogP contribution in [0.3, 0.4) is 0 Å². The van der Waals surface area contributed by atoms with Crippen LogP contribution in [0.2, 0.25) is 0 Å². The fraction of sp³-hybridized carbons (Fsp3) is 0.455. The molecule has 0 saturated carbocycles. The minimum atomic E-state index is -2.95. The van der Waals surface area contributed by atoms with Crippen molar-refractivity contribution in [3.63, 3.8) is 0 Å². The third kappa shape index (κ3) is 2.65. The van der Waals surface area contributed by atoms with E-state index in [-0.39, 0.29) is 17.7 Å². The van der Waals surface area contributed by atoms with Gasteiger partial charge in [0.25, 0.3) is 5.92 Å². The molecule has 1 rings (SSSR count). The average Bonchev–Trinajstić information content (AvgIpc) is 2.07. The van der Waals surface area contributed by atoms with Crippen LogP contribution in [0.4, 0.5) is 14.5 Å². The molecule has 0 amide bonds. The first-order chi connectivity index (χ1) is 6.84. The minimum absolute atomic E-state index is 0.125. The van der Waals surface area contributed by atoms with E-state index in [1.165, 1.54) is 6.07 Å². The Morgan fingerprint density at radius 1 is 1.40 bits per heavy atom. The van der Waals surface area contributed by atoms with Gasteiger partial charge in [0.2, 0.25) is 0 Å². The zero-order valence-electron chi connectivity index (χ0n) is 8.93. The van der Waals surface area contributed by atoms with E-state index in [2.05, 4.69) is 0 Å². The number of nitrogen functional groups attached to an aromatic ring is 1. The molecule has 4 N–H and O–H groups in total. The lowest BCUT2D eigenvalue weighted by Gasteiger charge is -2.21. The third-order valence-corrected chi connectivity index (χ3v) is 2.30. The Balaban J connectivity index is 3.09. The zero-order valence-corrected chi connectivity index (χ0v) is 8.93. The largest absolute Gasteiger partial charge is 0.398 e. The predicted molar refractivity (Wildman–Crippen MR) is 57.8 cm³/mol. The summed E-state index contributed by atoms with van der Waals surface area (Å²) in [7, 11) is 0. The van der Waals surface area contributed by atoms with Gasteiger partial charge >= 0.3 is 0 Å². The van der Waals surface area contributed by atoms with Crippen LogP contribution in [0.15, 0.2) is 18.2 Å². The summed E-state index contributed by atoms with van der Waals surface area (Å²) in [5.74, 6) is -2.95. The molecule has 0 radical (unpaired) electrons. The number of hydrogen-bond donors (Lipinski definition) is 2. The normalized spacial score (nSPS) is 13.9. The highest BCUT2D eigenvalue weighted by molar-refractivity contribution is 5.55. The van der Waals surface area contributed by atoms with Crippen LogP contribution in [-0.2, 0) is 5.92 Å². The molecule has 0 aromatic heterocycles. The number of para-hydroxylation sites is 1. The maximum absolute atomic E-state index is 13.7. The van der Waals surface area contributed by atoms with Crippen LogP contribution >= 0.6 is 0 Å². The van der Waals surface area contributed by atoms with Crippen molar-refractivity contribution >= 4 is 5.69 Å². The SMILES string of the molecule is Cc1cccc(C(F)(F)C[C@H](C)N)c1N. The van der Waals surface area contributed by atoms with Gasteiger partial charge in [0.1, 0.15) is 0 Å². The Morgan fingerprint density at radius 3 is 2.53 bits per heavy atom. The van der Waals surface area contributed by atoms with Crippen LogP contribution in [0.1, 0.15) is 24.5 Å². The Morgan fingerprint density at radius 2 is 2.00 bits per heavy atom. The minimum Gasteiger partial charge on any atom is -0.398 e. The summed E-state index contributed by atoms with van der Waals surface area (Å²) in [5, 5.41) is 0. The second-order valence-corrected chi connectivity index (χ2v) is 3.92. The number of rotatable bonds is 3. The highest BCUT2D eigenvalue weighted by Gasteiger charge is 2.34. The smallest absolute Gasteiger partial charge is 0.276 e. The van der Waals surface area contributed by atoms with E-state index in [0.717, 1.165) is 0 Å². The molecule has 0 aliphatic rings. The molecule has 84 valence electrons. The molecule has 0 saturated heterocycles. The monoisotopic (exact) mass is 214 g/mol. The van der Waals surface area contributed by atoms with Crippen molar-refractivity contribution in [3.8, 4) is 0 Å². The van der Waals surface area contributed by atoms with Crippen molar-refractivity contribution in [2.75, 3.05) is 5.73 Å². The molecule has 15 heavy (non-hydrogen) atoms. The first kappa shape index (κ1) is 11.9. The molecule has 0 heterocycles. The highest BCUT2D eigenvalue weighted by atomic mass is 19.3. The summed E-state index contributed by atoms with van der Waals surface area (Å²) in [5.41, 5.74) is 11.7. The van der Waals surface area contributed by atoms with Crippen molar-refractivity contribution in [3.05, 3.63) is 29.3 Å². The van der Waals surface area contributed by atoms with Gasteiger partial charge in [-0.2, -0.15) is 0 Å². The molecule has 0 spiro atoms. The molecule has 2 nitrogen and oxygen atoms in total. The van der Waals surface area contributed by atoms with Crippen molar-refractivity contribution in [2.45, 2.75) is 32.2 Å². The molecule has 0 fully saturated rings. The van der Waals surface area contributed by atoms with Crippen LogP contribution in [0.25, 0.3) is 0 Å². The van der Waals surface area contributed by atoms with Crippen molar-refractivity contribution in [1.29, 1.82) is 0 Å². The Labute approximate surface area is 88.3 Å². The van der Waals surface area contributed by atoms with Crippen LogP contribution < -0.4 is 11.5 Å². The van der Waals surface area contributed by atoms with Gasteiger partial charge in [0.15, 0.2) is 0 Å². The van der Waals surface area contributed by atoms with Gasteiger partial charge < -0.3 is 11.5 Å². The van der Waals surface area contributed by atoms with E-state index >= 15 is 0 Å². The number of alkyl halides is 2. The molecule has 4 heteroatoms. The molecule has 1 atom stereocenters. The average molecular weight is 214 g/mol. The quantitative estimate of drug-likeness (QED) is 0.759. The molecule has 0 aliphatic carbocycles. The number of benzene rings is 1. The van der Waals surface area contributed by atoms with Gasteiger partial charge in [-0.15, -0.1) is 0 Å². The molecule has 0 unspecified atom stereocenters. The van der Waals surface area contributed by atoms with E-state index in [0.29, 0.717) is 5.56 Å². The standard InChI is InChI=1S/C11H16F2N2/c1-7-4-3-5-9(10(7)15)11(12,13)6-8(2)14/h3-5,8H,6,14-15H2,1-2H3/t8-/m0/s1. The molecular formula is C11H16F2N2. The van der Waals surface area contributed by atoms with E-state index in [1.54, 1.807) is 26.0 Å². The Bertz CT molecular complexity index is 348. The first-order valence-corrected chi connectivity index (χ1v) is 4.83. The number of nitrogens with two attached hydrogens (primary N) is 2. The van der Waals surface area contributed by atoms with E-state index in [4.69, 9.17) is 11.5 Å². The lowest BCUT2D eigenvalue weighted by Crippen LogP contribution is -2.27. The highest BCUT2D eigenvalue weighted by Crippen LogP contribution is 2.36. The van der Waals surface area contributed by atoms with Crippen molar-refractivity contribution < 1.29 is 8.78 Å². The van der Waals surface area contributed by atoms with Gasteiger partial charge in [0, 0.05) is 23.7 Å². The van der Waals surface area contributed by atoms with Gasteiger partial charge in [-0.1, -0.05) is 18.2 Å². The third-order valence-electron chi connectivity index (χ3n) is 2.30. The first-order valence-electron chi connectivity index (χ1n) is 4.83. The molecule has 0 aliphatic heterocycles. The van der Waals surface area contributed by atoms with E-state index in [9.17, 15) is 8.78 Å². The summed E-state index contributed by atoms with van der Waals surface area (Å²) >= 11 is 0. The summed E-state index contributed by atoms with van der Waals surface area (Å²) < 4.78 is 27.4. The molecular weight excluding hydrogens is 198 g/mol. The fourth-order valence-electron chi connectivity index (χ4n) is 1.51. The summed E-state index contributed by atoms with van der Waals surface area (Å²) in [6.07, 6.45) is -0.388. The van der Waals surface area contributed by atoms with Crippen LogP contribution in [-0.4, -0.2) is 6.04 Å². The maximum atomic E-state index is 13.7. The summed E-state index contributed by atoms with van der Waals surface area (Å²) in [6.45, 7) is 3.26. The molecule has 0 bridgehead atoms. The lowest BCUT2D eigenvalue weighted by molar-refractivity contribution is -0.0173. The topological polar surface area (TPSA) is 52.0 Å². The van der Waals surface area contributed by atoms with Crippen LogP contribution in [0, 0.1) is 6.92 Å². The number of aryl methyl sites for hydroxylation is 1. The van der Waals surface area contributed by atoms with E-state index in [1.807, 2.05) is 0 Å². The van der Waals surface area contributed by atoms with Crippen molar-refractivity contribution in [1.82, 2.24) is 0 Å². The van der Waals surface area contributed by atoms with Gasteiger partial charge in [-0.3, -0.25) is 0 Å². The Kier molecular flexibility index (Phi) is 3.29. The number of halogens is 2. The molecule has 1 aromatic carbocycles. The predicted octanol–water partition coefficient (Wildman–Crippen LogP) is 2.41.